The molecule has 1 N–H and O–H groups in total. The Labute approximate surface area is 174 Å². The van der Waals surface area contributed by atoms with Crippen molar-refractivity contribution in [1.29, 1.82) is 0 Å². The minimum Gasteiger partial charge on any atom is -0.496 e. The minimum absolute atomic E-state index is 0. The largest absolute Gasteiger partial charge is 0.496 e. The second-order valence-electron chi connectivity index (χ2n) is 7.50. The van der Waals surface area contributed by atoms with Crippen LogP contribution in [-0.4, -0.2) is 37.0 Å². The second-order valence-corrected chi connectivity index (χ2v) is 7.50. The number of halogens is 1. The van der Waals surface area contributed by atoms with Crippen LogP contribution < -0.4 is 10.1 Å². The van der Waals surface area contributed by atoms with Crippen molar-refractivity contribution in [2.24, 2.45) is 5.92 Å². The molecular formula is C23H31ClN2O2. The van der Waals surface area contributed by atoms with E-state index in [4.69, 9.17) is 4.74 Å². The Kier molecular flexibility index (Phi) is 8.34. The van der Waals surface area contributed by atoms with Crippen LogP contribution in [0.3, 0.4) is 0 Å². The number of methoxy groups -OCH3 is 1. The summed E-state index contributed by atoms with van der Waals surface area (Å²) in [7, 11) is 1.69. The van der Waals surface area contributed by atoms with Crippen molar-refractivity contribution in [3.63, 3.8) is 0 Å². The van der Waals surface area contributed by atoms with Gasteiger partial charge in [-0.2, -0.15) is 0 Å². The van der Waals surface area contributed by atoms with Gasteiger partial charge in [0.2, 0.25) is 5.91 Å². The monoisotopic (exact) mass is 402 g/mol. The summed E-state index contributed by atoms with van der Waals surface area (Å²) in [4.78, 5) is 15.0. The van der Waals surface area contributed by atoms with E-state index < -0.39 is 0 Å². The molecule has 0 aromatic heterocycles. The van der Waals surface area contributed by atoms with Crippen LogP contribution in [0.15, 0.2) is 48.5 Å². The standard InChI is InChI=1S/C23H30N2O2.ClH/c1-17(2)25(23(26)20-7-6-14-24-15-20)16-18-10-12-19(13-11-18)21-8-4-5-9-22(21)27-3;/h4-5,8-13,17,20,24H,6-7,14-16H2,1-3H3;1H. The van der Waals surface area contributed by atoms with Gasteiger partial charge in [-0.25, -0.2) is 0 Å². The van der Waals surface area contributed by atoms with Gasteiger partial charge in [-0.15, -0.1) is 12.4 Å². The number of carbonyl (C=O) groups excluding carboxylic acids is 1. The zero-order valence-electron chi connectivity index (χ0n) is 17.0. The maximum atomic E-state index is 13.0. The van der Waals surface area contributed by atoms with Gasteiger partial charge in [0, 0.05) is 24.7 Å². The van der Waals surface area contributed by atoms with Gasteiger partial charge in [-0.3, -0.25) is 4.79 Å². The van der Waals surface area contributed by atoms with Crippen molar-refractivity contribution in [3.05, 3.63) is 54.1 Å². The zero-order chi connectivity index (χ0) is 19.2. The lowest BCUT2D eigenvalue weighted by Crippen LogP contribution is -2.45. The number of rotatable bonds is 6. The topological polar surface area (TPSA) is 41.6 Å². The van der Waals surface area contributed by atoms with E-state index in [0.717, 1.165) is 48.4 Å². The molecule has 0 spiro atoms. The number of nitrogens with one attached hydrogen (secondary N) is 1. The number of carbonyl (C=O) groups is 1. The fourth-order valence-corrected chi connectivity index (χ4v) is 3.68. The van der Waals surface area contributed by atoms with Crippen LogP contribution in [0.5, 0.6) is 5.75 Å². The Balaban J connectivity index is 0.00000280. The summed E-state index contributed by atoms with van der Waals surface area (Å²) in [6.07, 6.45) is 2.07. The minimum atomic E-state index is 0. The lowest BCUT2D eigenvalue weighted by Gasteiger charge is -2.32. The Morgan fingerprint density at radius 2 is 1.89 bits per heavy atom. The van der Waals surface area contributed by atoms with E-state index in [0.29, 0.717) is 6.54 Å². The van der Waals surface area contributed by atoms with Gasteiger partial charge in [0.15, 0.2) is 0 Å². The molecule has 0 radical (unpaired) electrons. The predicted octanol–water partition coefficient (Wildman–Crippen LogP) is 4.52. The van der Waals surface area contributed by atoms with Crippen LogP contribution in [0, 0.1) is 5.92 Å². The van der Waals surface area contributed by atoms with E-state index in [1.54, 1.807) is 7.11 Å². The summed E-state index contributed by atoms with van der Waals surface area (Å²) < 4.78 is 5.47. The quantitative estimate of drug-likeness (QED) is 0.772. The van der Waals surface area contributed by atoms with Crippen molar-refractivity contribution in [1.82, 2.24) is 10.2 Å². The van der Waals surface area contributed by atoms with E-state index >= 15 is 0 Å². The van der Waals surface area contributed by atoms with Crippen molar-refractivity contribution in [3.8, 4) is 16.9 Å². The van der Waals surface area contributed by atoms with E-state index in [1.165, 1.54) is 0 Å². The maximum absolute atomic E-state index is 13.0. The number of amides is 1. The molecule has 0 aliphatic carbocycles. The van der Waals surface area contributed by atoms with Crippen molar-refractivity contribution in [2.75, 3.05) is 20.2 Å². The van der Waals surface area contributed by atoms with Crippen LogP contribution >= 0.6 is 12.4 Å². The van der Waals surface area contributed by atoms with Crippen LogP contribution in [0.25, 0.3) is 11.1 Å². The molecular weight excluding hydrogens is 372 g/mol. The highest BCUT2D eigenvalue weighted by Gasteiger charge is 2.27. The molecule has 1 heterocycles. The van der Waals surface area contributed by atoms with Crippen molar-refractivity contribution < 1.29 is 9.53 Å². The molecule has 1 unspecified atom stereocenters. The number of nitrogens with zero attached hydrogens (tertiary/aromatic N) is 1. The maximum Gasteiger partial charge on any atom is 0.227 e. The van der Waals surface area contributed by atoms with Gasteiger partial charge < -0.3 is 15.0 Å². The number of benzene rings is 2. The van der Waals surface area contributed by atoms with Crippen LogP contribution in [0.2, 0.25) is 0 Å². The average molecular weight is 403 g/mol. The number of para-hydroxylation sites is 1. The summed E-state index contributed by atoms with van der Waals surface area (Å²) in [5, 5.41) is 3.35. The SMILES string of the molecule is COc1ccccc1-c1ccc(CN(C(=O)C2CCCNC2)C(C)C)cc1.Cl. The number of ether oxygens (including phenoxy) is 1. The van der Waals surface area contributed by atoms with Gasteiger partial charge >= 0.3 is 0 Å². The van der Waals surface area contributed by atoms with E-state index in [1.807, 2.05) is 23.1 Å². The average Bonchev–Trinajstić information content (AvgIpc) is 2.72. The summed E-state index contributed by atoms with van der Waals surface area (Å²) in [6, 6.07) is 16.7. The fourth-order valence-electron chi connectivity index (χ4n) is 3.68. The third kappa shape index (κ3) is 5.27. The third-order valence-electron chi connectivity index (χ3n) is 5.28. The molecule has 1 amide bonds. The molecule has 2 aromatic carbocycles. The lowest BCUT2D eigenvalue weighted by molar-refractivity contribution is -0.138. The zero-order valence-corrected chi connectivity index (χ0v) is 17.8. The molecule has 3 rings (SSSR count). The first-order chi connectivity index (χ1) is 13.1. The Hall–Kier alpha value is -2.04. The fraction of sp³-hybridized carbons (Fsp3) is 0.435. The van der Waals surface area contributed by atoms with Crippen LogP contribution in [0.4, 0.5) is 0 Å². The molecule has 2 aromatic rings. The number of hydrogen-bond donors (Lipinski definition) is 1. The predicted molar refractivity (Wildman–Crippen MR) is 117 cm³/mol. The van der Waals surface area contributed by atoms with Crippen LogP contribution in [0.1, 0.15) is 32.3 Å². The molecule has 1 aliphatic rings. The van der Waals surface area contributed by atoms with Gasteiger partial charge in [0.05, 0.1) is 13.0 Å². The van der Waals surface area contributed by atoms with Crippen molar-refractivity contribution in [2.45, 2.75) is 39.3 Å². The highest BCUT2D eigenvalue weighted by Crippen LogP contribution is 2.30. The molecule has 1 fully saturated rings. The second kappa shape index (κ2) is 10.5. The highest BCUT2D eigenvalue weighted by atomic mass is 35.5. The Morgan fingerprint density at radius 3 is 2.50 bits per heavy atom. The molecule has 5 heteroatoms. The molecule has 1 saturated heterocycles. The molecule has 1 aliphatic heterocycles. The Morgan fingerprint density at radius 1 is 1.18 bits per heavy atom. The van der Waals surface area contributed by atoms with E-state index in [2.05, 4.69) is 49.5 Å². The molecule has 152 valence electrons. The third-order valence-corrected chi connectivity index (χ3v) is 5.28. The van der Waals surface area contributed by atoms with Gasteiger partial charge in [0.25, 0.3) is 0 Å². The van der Waals surface area contributed by atoms with Gasteiger partial charge in [0.1, 0.15) is 5.75 Å². The first kappa shape index (κ1) is 22.3. The summed E-state index contributed by atoms with van der Waals surface area (Å²) in [5.41, 5.74) is 3.35. The van der Waals surface area contributed by atoms with Gasteiger partial charge in [-0.1, -0.05) is 42.5 Å². The first-order valence-corrected chi connectivity index (χ1v) is 9.83. The first-order valence-electron chi connectivity index (χ1n) is 9.83. The van der Waals surface area contributed by atoms with E-state index in [9.17, 15) is 4.79 Å². The van der Waals surface area contributed by atoms with Crippen LogP contribution in [-0.2, 0) is 11.3 Å². The Bertz CT molecular complexity index is 755. The molecule has 1 atom stereocenters. The lowest BCUT2D eigenvalue weighted by atomic mass is 9.97. The molecule has 4 nitrogen and oxygen atoms in total. The molecule has 28 heavy (non-hydrogen) atoms. The highest BCUT2D eigenvalue weighted by molar-refractivity contribution is 5.85. The molecule has 0 bridgehead atoms. The summed E-state index contributed by atoms with van der Waals surface area (Å²) in [5.74, 6) is 1.24. The van der Waals surface area contributed by atoms with Crippen molar-refractivity contribution >= 4 is 18.3 Å². The normalized spacial score (nSPS) is 16.4. The number of hydrogen-bond acceptors (Lipinski definition) is 3. The number of piperidine rings is 1. The molecule has 0 saturated carbocycles. The smallest absolute Gasteiger partial charge is 0.227 e. The van der Waals surface area contributed by atoms with Gasteiger partial charge in [-0.05, 0) is 50.4 Å². The van der Waals surface area contributed by atoms with E-state index in [-0.39, 0.29) is 30.3 Å². The summed E-state index contributed by atoms with van der Waals surface area (Å²) in [6.45, 7) is 6.67. The summed E-state index contributed by atoms with van der Waals surface area (Å²) >= 11 is 0.